The minimum Gasteiger partial charge on any atom is -0.321 e. The molecule has 19 heavy (non-hydrogen) atoms. The first-order chi connectivity index (χ1) is 8.87. The van der Waals surface area contributed by atoms with Gasteiger partial charge in [-0.15, -0.1) is 0 Å². The van der Waals surface area contributed by atoms with Gasteiger partial charge in [0.15, 0.2) is 5.03 Å². The van der Waals surface area contributed by atoms with Crippen molar-refractivity contribution in [3.8, 4) is 0 Å². The molecule has 0 saturated carbocycles. The highest BCUT2D eigenvalue weighted by Crippen LogP contribution is 2.32. The van der Waals surface area contributed by atoms with Crippen molar-refractivity contribution in [3.63, 3.8) is 0 Å². The van der Waals surface area contributed by atoms with Crippen molar-refractivity contribution in [1.82, 2.24) is 9.29 Å². The molecular weight excluding hydrogens is 264 g/mol. The van der Waals surface area contributed by atoms with E-state index in [1.165, 1.54) is 10.5 Å². The first-order valence-corrected chi connectivity index (χ1v) is 7.73. The normalized spacial score (nSPS) is 20.2. The lowest BCUT2D eigenvalue weighted by molar-refractivity contribution is 0.186. The van der Waals surface area contributed by atoms with E-state index in [-0.39, 0.29) is 10.4 Å². The van der Waals surface area contributed by atoms with Crippen LogP contribution < -0.4 is 11.3 Å². The molecule has 2 heterocycles. The van der Waals surface area contributed by atoms with Crippen LogP contribution >= 0.6 is 0 Å². The van der Waals surface area contributed by atoms with Crippen molar-refractivity contribution >= 4 is 15.7 Å². The maximum absolute atomic E-state index is 12.6. The Kier molecular flexibility index (Phi) is 3.80. The zero-order valence-electron chi connectivity index (χ0n) is 11.3. The van der Waals surface area contributed by atoms with Gasteiger partial charge in [-0.05, 0) is 30.4 Å². The highest BCUT2D eigenvalue weighted by molar-refractivity contribution is 7.89. The van der Waals surface area contributed by atoms with Crippen LogP contribution in [0.1, 0.15) is 26.7 Å². The Morgan fingerprint density at radius 3 is 2.84 bits per heavy atom. The summed E-state index contributed by atoms with van der Waals surface area (Å²) in [5.74, 6) is 5.36. The molecule has 0 spiro atoms. The van der Waals surface area contributed by atoms with Gasteiger partial charge >= 0.3 is 0 Å². The lowest BCUT2D eigenvalue weighted by Gasteiger charge is -2.37. The van der Waals surface area contributed by atoms with Crippen molar-refractivity contribution in [2.24, 2.45) is 11.3 Å². The largest absolute Gasteiger partial charge is 0.321 e. The van der Waals surface area contributed by atoms with E-state index in [1.807, 2.05) is 0 Å². The molecule has 0 bridgehead atoms. The molecule has 1 aliphatic rings. The standard InChI is InChI=1S/C12H20N4O2S/c1-12(2)6-4-8-16(9-12)19(17,18)11-10(15-13)5-3-7-14-11/h3,5,7,15H,4,6,8-9,13H2,1-2H3. The third-order valence-electron chi connectivity index (χ3n) is 3.38. The van der Waals surface area contributed by atoms with E-state index >= 15 is 0 Å². The van der Waals surface area contributed by atoms with E-state index in [1.54, 1.807) is 12.1 Å². The van der Waals surface area contributed by atoms with Gasteiger partial charge in [0.1, 0.15) is 0 Å². The number of rotatable bonds is 3. The van der Waals surface area contributed by atoms with Crippen LogP contribution in [0.25, 0.3) is 0 Å². The second kappa shape index (κ2) is 5.07. The minimum atomic E-state index is -3.60. The molecule has 0 atom stereocenters. The number of nitrogens with one attached hydrogen (secondary N) is 1. The number of hydrogen-bond donors (Lipinski definition) is 2. The Labute approximate surface area is 114 Å². The highest BCUT2D eigenvalue weighted by atomic mass is 32.2. The van der Waals surface area contributed by atoms with Gasteiger partial charge in [-0.3, -0.25) is 5.84 Å². The van der Waals surface area contributed by atoms with Gasteiger partial charge in [0.05, 0.1) is 5.69 Å². The Bertz CT molecular complexity index is 557. The fraction of sp³-hybridized carbons (Fsp3) is 0.583. The summed E-state index contributed by atoms with van der Waals surface area (Å²) in [6, 6.07) is 3.25. The summed E-state index contributed by atoms with van der Waals surface area (Å²) >= 11 is 0. The molecule has 7 heteroatoms. The molecule has 1 saturated heterocycles. The number of sulfonamides is 1. The average Bonchev–Trinajstić information content (AvgIpc) is 2.37. The summed E-state index contributed by atoms with van der Waals surface area (Å²) in [6.07, 6.45) is 3.36. The number of hydrogen-bond acceptors (Lipinski definition) is 5. The second-order valence-corrected chi connectivity index (χ2v) is 7.46. The van der Waals surface area contributed by atoms with E-state index in [4.69, 9.17) is 5.84 Å². The van der Waals surface area contributed by atoms with Crippen LogP contribution in [-0.2, 0) is 10.0 Å². The molecule has 6 nitrogen and oxygen atoms in total. The van der Waals surface area contributed by atoms with Crippen molar-refractivity contribution in [2.75, 3.05) is 18.5 Å². The smallest absolute Gasteiger partial charge is 0.262 e. The Morgan fingerprint density at radius 1 is 1.47 bits per heavy atom. The predicted octanol–water partition coefficient (Wildman–Crippen LogP) is 1.18. The third-order valence-corrected chi connectivity index (χ3v) is 5.18. The average molecular weight is 284 g/mol. The van der Waals surface area contributed by atoms with Crippen LogP contribution in [0.15, 0.2) is 23.4 Å². The number of aromatic nitrogens is 1. The van der Waals surface area contributed by atoms with Gasteiger partial charge in [0.25, 0.3) is 10.0 Å². The predicted molar refractivity (Wildman–Crippen MR) is 73.8 cm³/mol. The number of nitrogen functional groups attached to an aromatic ring is 1. The van der Waals surface area contributed by atoms with E-state index in [2.05, 4.69) is 24.3 Å². The summed E-state index contributed by atoms with van der Waals surface area (Å²) in [5, 5.41) is -0.00444. The molecule has 0 aromatic carbocycles. The van der Waals surface area contributed by atoms with Crippen LogP contribution in [0.2, 0.25) is 0 Å². The molecule has 1 aromatic heterocycles. The van der Waals surface area contributed by atoms with Gasteiger partial charge < -0.3 is 5.43 Å². The molecular formula is C12H20N4O2S. The van der Waals surface area contributed by atoms with Crippen LogP contribution in [0, 0.1) is 5.41 Å². The Balaban J connectivity index is 2.37. The molecule has 106 valence electrons. The molecule has 0 unspecified atom stereocenters. The van der Waals surface area contributed by atoms with Crippen molar-refractivity contribution in [3.05, 3.63) is 18.3 Å². The SMILES string of the molecule is CC1(C)CCCN(S(=O)(=O)c2ncccc2NN)C1. The van der Waals surface area contributed by atoms with Crippen LogP contribution in [0.4, 0.5) is 5.69 Å². The maximum Gasteiger partial charge on any atom is 0.262 e. The van der Waals surface area contributed by atoms with Gasteiger partial charge in [-0.25, -0.2) is 13.4 Å². The molecule has 2 rings (SSSR count). The van der Waals surface area contributed by atoms with Gasteiger partial charge in [0.2, 0.25) is 0 Å². The fourth-order valence-corrected chi connectivity index (χ4v) is 4.14. The number of anilines is 1. The molecule has 0 radical (unpaired) electrons. The maximum atomic E-state index is 12.6. The van der Waals surface area contributed by atoms with Crippen molar-refractivity contribution in [1.29, 1.82) is 0 Å². The fourth-order valence-electron chi connectivity index (χ4n) is 2.40. The molecule has 1 fully saturated rings. The summed E-state index contributed by atoms with van der Waals surface area (Å²) in [5.41, 5.74) is 2.71. The zero-order valence-corrected chi connectivity index (χ0v) is 12.1. The molecule has 3 N–H and O–H groups in total. The first-order valence-electron chi connectivity index (χ1n) is 6.29. The van der Waals surface area contributed by atoms with Crippen molar-refractivity contribution < 1.29 is 8.42 Å². The lowest BCUT2D eigenvalue weighted by atomic mass is 9.85. The van der Waals surface area contributed by atoms with Crippen LogP contribution in [0.5, 0.6) is 0 Å². The van der Waals surface area contributed by atoms with E-state index in [0.29, 0.717) is 18.8 Å². The Hall–Kier alpha value is -1.18. The quantitative estimate of drug-likeness (QED) is 0.642. The van der Waals surface area contributed by atoms with E-state index < -0.39 is 10.0 Å². The Morgan fingerprint density at radius 2 is 2.21 bits per heavy atom. The van der Waals surface area contributed by atoms with Crippen molar-refractivity contribution in [2.45, 2.75) is 31.7 Å². The topological polar surface area (TPSA) is 88.3 Å². The van der Waals surface area contributed by atoms with Crippen LogP contribution in [-0.4, -0.2) is 30.8 Å². The summed E-state index contributed by atoms with van der Waals surface area (Å²) < 4.78 is 26.7. The highest BCUT2D eigenvalue weighted by Gasteiger charge is 2.35. The first kappa shape index (κ1) is 14.2. The molecule has 1 aromatic rings. The number of pyridine rings is 1. The summed E-state index contributed by atoms with van der Waals surface area (Å²) in [6.45, 7) is 5.20. The second-order valence-electron chi connectivity index (χ2n) is 5.61. The number of hydrazine groups is 1. The van der Waals surface area contributed by atoms with Gasteiger partial charge in [0, 0.05) is 19.3 Å². The zero-order chi connectivity index (χ0) is 14.1. The van der Waals surface area contributed by atoms with E-state index in [9.17, 15) is 8.42 Å². The monoisotopic (exact) mass is 284 g/mol. The van der Waals surface area contributed by atoms with E-state index in [0.717, 1.165) is 12.8 Å². The van der Waals surface area contributed by atoms with Gasteiger partial charge in [-0.1, -0.05) is 13.8 Å². The third kappa shape index (κ3) is 2.88. The number of nitrogens with two attached hydrogens (primary N) is 1. The lowest BCUT2D eigenvalue weighted by Crippen LogP contribution is -2.43. The molecule has 1 aliphatic heterocycles. The summed E-state index contributed by atoms with van der Waals surface area (Å²) in [4.78, 5) is 3.97. The van der Waals surface area contributed by atoms with Crippen LogP contribution in [0.3, 0.4) is 0 Å². The molecule has 0 amide bonds. The number of nitrogens with zero attached hydrogens (tertiary/aromatic N) is 2. The molecule has 0 aliphatic carbocycles. The summed E-state index contributed by atoms with van der Waals surface area (Å²) in [7, 11) is -3.60. The van der Waals surface area contributed by atoms with Gasteiger partial charge in [-0.2, -0.15) is 4.31 Å². The number of piperidine rings is 1. The minimum absolute atomic E-state index is 0.00356.